The van der Waals surface area contributed by atoms with E-state index in [0.717, 1.165) is 12.0 Å². The number of anilines is 2. The molecule has 2 aromatic carbocycles. The first-order valence-corrected chi connectivity index (χ1v) is 11.6. The Hall–Kier alpha value is -3.68. The van der Waals surface area contributed by atoms with Gasteiger partial charge in [0.15, 0.2) is 0 Å². The second-order valence-corrected chi connectivity index (χ2v) is 8.94. The van der Waals surface area contributed by atoms with Gasteiger partial charge in [0.1, 0.15) is 12.1 Å². The van der Waals surface area contributed by atoms with Gasteiger partial charge in [0, 0.05) is 18.4 Å². The highest BCUT2D eigenvalue weighted by Gasteiger charge is 2.36. The predicted octanol–water partition coefficient (Wildman–Crippen LogP) is 3.61. The minimum Gasteiger partial charge on any atom is -0.480 e. The zero-order valence-electron chi connectivity index (χ0n) is 19.7. The van der Waals surface area contributed by atoms with Crippen LogP contribution in [-0.4, -0.2) is 40.9 Å². The number of hydrogen-bond donors (Lipinski definition) is 3. The largest absolute Gasteiger partial charge is 0.480 e. The van der Waals surface area contributed by atoms with E-state index in [0.29, 0.717) is 24.2 Å². The number of carboxylic acid groups (broad SMARTS) is 1. The van der Waals surface area contributed by atoms with E-state index in [-0.39, 0.29) is 29.7 Å². The maximum atomic E-state index is 13.0. The Balaban J connectivity index is 1.86. The Morgan fingerprint density at radius 3 is 2.44 bits per heavy atom. The van der Waals surface area contributed by atoms with E-state index in [9.17, 15) is 24.3 Å². The predicted molar refractivity (Wildman–Crippen MR) is 130 cm³/mol. The van der Waals surface area contributed by atoms with Crippen LogP contribution < -0.4 is 15.5 Å². The van der Waals surface area contributed by atoms with Crippen LogP contribution in [0.1, 0.15) is 56.0 Å². The Kier molecular flexibility index (Phi) is 8.04. The van der Waals surface area contributed by atoms with E-state index < -0.39 is 24.0 Å². The van der Waals surface area contributed by atoms with Crippen molar-refractivity contribution >= 4 is 35.1 Å². The molecule has 8 nitrogen and oxygen atoms in total. The minimum atomic E-state index is -1.14. The highest BCUT2D eigenvalue weighted by atomic mass is 16.4. The molecule has 0 aromatic heterocycles. The molecule has 0 spiro atoms. The van der Waals surface area contributed by atoms with Crippen molar-refractivity contribution in [2.75, 3.05) is 10.2 Å². The molecule has 0 aliphatic carbocycles. The SMILES string of the molecule is CCCC1C(=O)Nc2cc(C(=O)NC(Cc3ccccc3)C(=O)O)ccc2N1C(=O)CC(C)C. The summed E-state index contributed by atoms with van der Waals surface area (Å²) in [6.45, 7) is 5.84. The van der Waals surface area contributed by atoms with Gasteiger partial charge < -0.3 is 15.7 Å². The molecule has 0 bridgehead atoms. The van der Waals surface area contributed by atoms with Crippen molar-refractivity contribution in [2.24, 2.45) is 5.92 Å². The number of carboxylic acids is 1. The van der Waals surface area contributed by atoms with Gasteiger partial charge in [0.05, 0.1) is 11.4 Å². The Morgan fingerprint density at radius 2 is 1.82 bits per heavy atom. The zero-order valence-corrected chi connectivity index (χ0v) is 19.7. The third-order valence-corrected chi connectivity index (χ3v) is 5.69. The molecule has 1 heterocycles. The van der Waals surface area contributed by atoms with Crippen molar-refractivity contribution in [1.82, 2.24) is 5.32 Å². The molecule has 1 aliphatic rings. The monoisotopic (exact) mass is 465 g/mol. The summed E-state index contributed by atoms with van der Waals surface area (Å²) in [6, 6.07) is 12.0. The fourth-order valence-corrected chi connectivity index (χ4v) is 4.07. The van der Waals surface area contributed by atoms with E-state index >= 15 is 0 Å². The van der Waals surface area contributed by atoms with Gasteiger partial charge in [-0.25, -0.2) is 4.79 Å². The van der Waals surface area contributed by atoms with E-state index in [2.05, 4.69) is 10.6 Å². The number of aliphatic carboxylic acids is 1. The van der Waals surface area contributed by atoms with Crippen LogP contribution in [0.2, 0.25) is 0 Å². The lowest BCUT2D eigenvalue weighted by Crippen LogP contribution is -2.51. The van der Waals surface area contributed by atoms with Crippen LogP contribution in [0, 0.1) is 5.92 Å². The Bertz CT molecular complexity index is 1070. The molecule has 0 fully saturated rings. The molecule has 3 N–H and O–H groups in total. The summed E-state index contributed by atoms with van der Waals surface area (Å²) in [4.78, 5) is 52.0. The molecule has 1 aliphatic heterocycles. The molecule has 3 amide bonds. The molecule has 3 rings (SSSR count). The fraction of sp³-hybridized carbons (Fsp3) is 0.385. The number of carbonyl (C=O) groups is 4. The second kappa shape index (κ2) is 11.0. The van der Waals surface area contributed by atoms with Crippen LogP contribution in [0.15, 0.2) is 48.5 Å². The third kappa shape index (κ3) is 5.81. The normalized spacial score (nSPS) is 15.9. The van der Waals surface area contributed by atoms with E-state index in [1.54, 1.807) is 36.4 Å². The van der Waals surface area contributed by atoms with E-state index in [4.69, 9.17) is 0 Å². The van der Waals surface area contributed by atoms with Gasteiger partial charge in [-0.2, -0.15) is 0 Å². The quantitative estimate of drug-likeness (QED) is 0.523. The van der Waals surface area contributed by atoms with Crippen molar-refractivity contribution in [3.63, 3.8) is 0 Å². The van der Waals surface area contributed by atoms with Crippen molar-refractivity contribution in [3.8, 4) is 0 Å². The average Bonchev–Trinajstić information content (AvgIpc) is 2.78. The van der Waals surface area contributed by atoms with Crippen molar-refractivity contribution in [3.05, 3.63) is 59.7 Å². The van der Waals surface area contributed by atoms with Crippen LogP contribution in [0.4, 0.5) is 11.4 Å². The topological polar surface area (TPSA) is 116 Å². The smallest absolute Gasteiger partial charge is 0.326 e. The molecular weight excluding hydrogens is 434 g/mol. The summed E-state index contributed by atoms with van der Waals surface area (Å²) in [7, 11) is 0. The van der Waals surface area contributed by atoms with Gasteiger partial charge in [0.25, 0.3) is 5.91 Å². The Morgan fingerprint density at radius 1 is 1.12 bits per heavy atom. The number of fused-ring (bicyclic) bond motifs is 1. The van der Waals surface area contributed by atoms with Gasteiger partial charge >= 0.3 is 5.97 Å². The lowest BCUT2D eigenvalue weighted by atomic mass is 9.99. The van der Waals surface area contributed by atoms with Crippen molar-refractivity contribution in [2.45, 2.75) is 58.5 Å². The number of nitrogens with one attached hydrogen (secondary N) is 2. The third-order valence-electron chi connectivity index (χ3n) is 5.69. The van der Waals surface area contributed by atoms with Crippen LogP contribution in [0.25, 0.3) is 0 Å². The number of carbonyl (C=O) groups excluding carboxylic acids is 3. The summed E-state index contributed by atoms with van der Waals surface area (Å²) in [5.41, 5.74) is 1.88. The zero-order chi connectivity index (χ0) is 24.8. The summed E-state index contributed by atoms with van der Waals surface area (Å²) >= 11 is 0. The van der Waals surface area contributed by atoms with E-state index in [1.807, 2.05) is 26.8 Å². The maximum absolute atomic E-state index is 13.0. The van der Waals surface area contributed by atoms with Crippen LogP contribution in [0.5, 0.6) is 0 Å². The first kappa shape index (κ1) is 25.0. The molecule has 180 valence electrons. The summed E-state index contributed by atoms with van der Waals surface area (Å²) < 4.78 is 0. The maximum Gasteiger partial charge on any atom is 0.326 e. The number of nitrogens with zero attached hydrogens (tertiary/aromatic N) is 1. The lowest BCUT2D eigenvalue weighted by molar-refractivity contribution is -0.139. The molecule has 34 heavy (non-hydrogen) atoms. The molecule has 0 saturated heterocycles. The number of benzene rings is 2. The van der Waals surface area contributed by atoms with E-state index in [1.165, 1.54) is 11.0 Å². The number of rotatable bonds is 9. The van der Waals surface area contributed by atoms with Gasteiger partial charge in [-0.05, 0) is 36.1 Å². The Labute approximate surface area is 199 Å². The first-order valence-electron chi connectivity index (χ1n) is 11.6. The van der Waals surface area contributed by atoms with Gasteiger partial charge in [0.2, 0.25) is 11.8 Å². The van der Waals surface area contributed by atoms with Gasteiger partial charge in [-0.3, -0.25) is 19.3 Å². The van der Waals surface area contributed by atoms with Gasteiger partial charge in [-0.15, -0.1) is 0 Å². The van der Waals surface area contributed by atoms with Gasteiger partial charge in [-0.1, -0.05) is 57.5 Å². The minimum absolute atomic E-state index is 0.130. The molecule has 2 unspecified atom stereocenters. The highest BCUT2D eigenvalue weighted by Crippen LogP contribution is 2.35. The summed E-state index contributed by atoms with van der Waals surface area (Å²) in [6.07, 6.45) is 1.70. The fourth-order valence-electron chi connectivity index (χ4n) is 4.07. The standard InChI is InChI=1S/C26H31N3O5/c1-4-8-22-25(32)27-19-15-18(11-12-21(19)29(22)23(30)13-16(2)3)24(31)28-20(26(33)34)14-17-9-6-5-7-10-17/h5-7,9-12,15-16,20,22H,4,8,13-14H2,1-3H3,(H,27,32)(H,28,31)(H,33,34). The number of amides is 3. The molecule has 2 atom stereocenters. The molecule has 0 saturated carbocycles. The summed E-state index contributed by atoms with van der Waals surface area (Å²) in [5.74, 6) is -2.02. The molecule has 2 aromatic rings. The number of hydrogen-bond acceptors (Lipinski definition) is 4. The van der Waals surface area contributed by atoms with Crippen molar-refractivity contribution in [1.29, 1.82) is 0 Å². The first-order chi connectivity index (χ1) is 16.2. The highest BCUT2D eigenvalue weighted by molar-refractivity contribution is 6.13. The van der Waals surface area contributed by atoms with Crippen LogP contribution in [0.3, 0.4) is 0 Å². The molecule has 8 heteroatoms. The van der Waals surface area contributed by atoms with Crippen LogP contribution in [-0.2, 0) is 20.8 Å². The average molecular weight is 466 g/mol. The molecular formula is C26H31N3O5. The second-order valence-electron chi connectivity index (χ2n) is 8.94. The lowest BCUT2D eigenvalue weighted by Gasteiger charge is -2.37. The molecule has 0 radical (unpaired) electrons. The summed E-state index contributed by atoms with van der Waals surface area (Å²) in [5, 5.41) is 15.0. The van der Waals surface area contributed by atoms with Crippen LogP contribution >= 0.6 is 0 Å². The van der Waals surface area contributed by atoms with Crippen molar-refractivity contribution < 1.29 is 24.3 Å².